The number of aryl methyl sites for hydroxylation is 1. The third-order valence-corrected chi connectivity index (χ3v) is 7.43. The molecule has 0 radical (unpaired) electrons. The zero-order valence-electron chi connectivity index (χ0n) is 14.1. The lowest BCUT2D eigenvalue weighted by Crippen LogP contribution is -2.24. The van der Waals surface area contributed by atoms with Gasteiger partial charge in [-0.15, -0.1) is 0 Å². The fraction of sp³-hybridized carbons (Fsp3) is 0.182. The van der Waals surface area contributed by atoms with Crippen molar-refractivity contribution in [3.63, 3.8) is 0 Å². The third kappa shape index (κ3) is 3.37. The molecule has 0 saturated heterocycles. The summed E-state index contributed by atoms with van der Waals surface area (Å²) >= 11 is 0. The molecule has 0 unspecified atom stereocenters. The van der Waals surface area contributed by atoms with Gasteiger partial charge in [-0.3, -0.25) is 0 Å². The molecule has 1 nitrogen and oxygen atoms in total. The molecule has 2 heteroatoms. The number of rotatable bonds is 6. The Morgan fingerprint density at radius 1 is 0.667 bits per heavy atom. The standard InChI is InChI=1S/C22H23OP/c1-2-3-10-19-15-17-22(18-16-19)24(23,20-11-6-4-7-12-20)21-13-8-5-9-14-21/h4-9,11-18H,2-3,10H2,1H3. The largest absolute Gasteiger partial charge is 0.309 e. The van der Waals surface area contributed by atoms with Gasteiger partial charge in [-0.1, -0.05) is 98.3 Å². The molecule has 0 bridgehead atoms. The topological polar surface area (TPSA) is 17.1 Å². The molecule has 0 fully saturated rings. The van der Waals surface area contributed by atoms with E-state index in [0.29, 0.717) is 0 Å². The molecule has 3 aromatic carbocycles. The van der Waals surface area contributed by atoms with Crippen molar-refractivity contribution in [3.8, 4) is 0 Å². The first-order valence-electron chi connectivity index (χ1n) is 8.56. The molecule has 3 rings (SSSR count). The van der Waals surface area contributed by atoms with Gasteiger partial charge in [0.15, 0.2) is 7.14 Å². The molecule has 0 aliphatic rings. The lowest BCUT2D eigenvalue weighted by Gasteiger charge is -2.20. The van der Waals surface area contributed by atoms with E-state index in [4.69, 9.17) is 0 Å². The normalized spacial score (nSPS) is 11.4. The summed E-state index contributed by atoms with van der Waals surface area (Å²) in [5.41, 5.74) is 1.31. The summed E-state index contributed by atoms with van der Waals surface area (Å²) in [5, 5.41) is 2.68. The Morgan fingerprint density at radius 2 is 1.12 bits per heavy atom. The van der Waals surface area contributed by atoms with Crippen LogP contribution in [0, 0.1) is 0 Å². The Morgan fingerprint density at radius 3 is 1.58 bits per heavy atom. The second kappa shape index (κ2) is 7.64. The van der Waals surface area contributed by atoms with E-state index in [9.17, 15) is 4.57 Å². The Bertz CT molecular complexity index is 764. The average Bonchev–Trinajstić information content (AvgIpc) is 2.67. The van der Waals surface area contributed by atoms with Crippen molar-refractivity contribution in [1.82, 2.24) is 0 Å². The van der Waals surface area contributed by atoms with Crippen LogP contribution in [0.25, 0.3) is 0 Å². The molecule has 122 valence electrons. The fourth-order valence-corrected chi connectivity index (χ4v) is 5.62. The maximum Gasteiger partial charge on any atom is 0.171 e. The van der Waals surface area contributed by atoms with E-state index in [-0.39, 0.29) is 0 Å². The lowest BCUT2D eigenvalue weighted by molar-refractivity contribution is 0.592. The summed E-state index contributed by atoms with van der Waals surface area (Å²) in [5.74, 6) is 0. The summed E-state index contributed by atoms with van der Waals surface area (Å²) in [7, 11) is -2.82. The Hall–Kier alpha value is -2.11. The SMILES string of the molecule is CCCCc1ccc(P(=O)(c2ccccc2)c2ccccc2)cc1. The van der Waals surface area contributed by atoms with Gasteiger partial charge in [0.2, 0.25) is 0 Å². The molecule has 0 N–H and O–H groups in total. The summed E-state index contributed by atoms with van der Waals surface area (Å²) in [6.45, 7) is 2.20. The molecular weight excluding hydrogens is 311 g/mol. The van der Waals surface area contributed by atoms with E-state index in [0.717, 1.165) is 22.3 Å². The van der Waals surface area contributed by atoms with Gasteiger partial charge in [0, 0.05) is 15.9 Å². The molecule has 3 aromatic rings. The van der Waals surface area contributed by atoms with Gasteiger partial charge < -0.3 is 4.57 Å². The molecule has 0 aliphatic heterocycles. The molecule has 0 heterocycles. The first-order valence-corrected chi connectivity index (χ1v) is 10.3. The summed E-state index contributed by atoms with van der Waals surface area (Å²) < 4.78 is 14.1. The van der Waals surface area contributed by atoms with Crippen molar-refractivity contribution in [1.29, 1.82) is 0 Å². The molecule has 0 amide bonds. The van der Waals surface area contributed by atoms with Crippen LogP contribution in [0.15, 0.2) is 84.9 Å². The number of hydrogen-bond acceptors (Lipinski definition) is 1. The van der Waals surface area contributed by atoms with Crippen molar-refractivity contribution in [2.24, 2.45) is 0 Å². The highest BCUT2D eigenvalue weighted by atomic mass is 31.2. The van der Waals surface area contributed by atoms with Crippen LogP contribution in [-0.2, 0) is 11.0 Å². The van der Waals surface area contributed by atoms with Gasteiger partial charge >= 0.3 is 0 Å². The minimum atomic E-state index is -2.82. The van der Waals surface area contributed by atoms with Crippen LogP contribution in [-0.4, -0.2) is 0 Å². The monoisotopic (exact) mass is 334 g/mol. The van der Waals surface area contributed by atoms with Gasteiger partial charge in [0.1, 0.15) is 0 Å². The Kier molecular flexibility index (Phi) is 5.33. The predicted octanol–water partition coefficient (Wildman–Crippen LogP) is 4.67. The highest BCUT2D eigenvalue weighted by molar-refractivity contribution is 7.85. The van der Waals surface area contributed by atoms with Crippen LogP contribution in [0.1, 0.15) is 25.3 Å². The van der Waals surface area contributed by atoms with Crippen molar-refractivity contribution in [2.75, 3.05) is 0 Å². The summed E-state index contributed by atoms with van der Waals surface area (Å²) in [4.78, 5) is 0. The number of unbranched alkanes of at least 4 members (excludes halogenated alkanes) is 1. The molecule has 0 saturated carbocycles. The van der Waals surface area contributed by atoms with Gasteiger partial charge in [-0.05, 0) is 18.4 Å². The zero-order chi connectivity index (χ0) is 16.8. The smallest absolute Gasteiger partial charge is 0.171 e. The minimum Gasteiger partial charge on any atom is -0.309 e. The molecule has 0 aliphatic carbocycles. The van der Waals surface area contributed by atoms with Crippen molar-refractivity contribution in [3.05, 3.63) is 90.5 Å². The highest BCUT2D eigenvalue weighted by Crippen LogP contribution is 2.42. The van der Waals surface area contributed by atoms with E-state index in [1.807, 2.05) is 72.8 Å². The third-order valence-electron chi connectivity index (χ3n) is 4.36. The van der Waals surface area contributed by atoms with Crippen LogP contribution in [0.2, 0.25) is 0 Å². The van der Waals surface area contributed by atoms with Gasteiger partial charge in [0.25, 0.3) is 0 Å². The highest BCUT2D eigenvalue weighted by Gasteiger charge is 2.29. The second-order valence-corrected chi connectivity index (χ2v) is 8.82. The maximum atomic E-state index is 14.1. The van der Waals surface area contributed by atoms with Crippen molar-refractivity contribution >= 4 is 23.1 Å². The predicted molar refractivity (Wildman–Crippen MR) is 104 cm³/mol. The number of benzene rings is 3. The van der Waals surface area contributed by atoms with Crippen molar-refractivity contribution in [2.45, 2.75) is 26.2 Å². The van der Waals surface area contributed by atoms with E-state index >= 15 is 0 Å². The van der Waals surface area contributed by atoms with Crippen molar-refractivity contribution < 1.29 is 4.57 Å². The first kappa shape index (κ1) is 16.7. The van der Waals surface area contributed by atoms with Gasteiger partial charge in [-0.25, -0.2) is 0 Å². The van der Waals surface area contributed by atoms with Gasteiger partial charge in [0.05, 0.1) is 0 Å². The van der Waals surface area contributed by atoms with E-state index < -0.39 is 7.14 Å². The zero-order valence-corrected chi connectivity index (χ0v) is 15.0. The molecule has 0 aromatic heterocycles. The summed E-state index contributed by atoms with van der Waals surface area (Å²) in [6.07, 6.45) is 3.46. The van der Waals surface area contributed by atoms with Gasteiger partial charge in [-0.2, -0.15) is 0 Å². The average molecular weight is 334 g/mol. The second-order valence-electron chi connectivity index (χ2n) is 6.05. The molecular formula is C22H23OP. The van der Waals surface area contributed by atoms with Crippen LogP contribution >= 0.6 is 7.14 Å². The molecule has 0 spiro atoms. The van der Waals surface area contributed by atoms with E-state index in [2.05, 4.69) is 19.1 Å². The first-order chi connectivity index (χ1) is 11.7. The molecule has 24 heavy (non-hydrogen) atoms. The van der Waals surface area contributed by atoms with Crippen LogP contribution in [0.5, 0.6) is 0 Å². The van der Waals surface area contributed by atoms with E-state index in [1.165, 1.54) is 18.4 Å². The fourth-order valence-electron chi connectivity index (χ4n) is 2.98. The quantitative estimate of drug-likeness (QED) is 0.599. The Labute approximate surface area is 144 Å². The van der Waals surface area contributed by atoms with Crippen LogP contribution < -0.4 is 15.9 Å². The van der Waals surface area contributed by atoms with Crippen LogP contribution in [0.4, 0.5) is 0 Å². The molecule has 0 atom stereocenters. The number of hydrogen-bond donors (Lipinski definition) is 0. The minimum absolute atomic E-state index is 0.887. The maximum absolute atomic E-state index is 14.1. The lowest BCUT2D eigenvalue weighted by atomic mass is 10.1. The van der Waals surface area contributed by atoms with Crippen LogP contribution in [0.3, 0.4) is 0 Å². The van der Waals surface area contributed by atoms with E-state index in [1.54, 1.807) is 0 Å². The summed E-state index contributed by atoms with van der Waals surface area (Å²) in [6, 6.07) is 28.0. The Balaban J connectivity index is 2.08.